The van der Waals surface area contributed by atoms with Crippen molar-refractivity contribution < 1.29 is 28.7 Å². The molecule has 0 saturated heterocycles. The molecule has 0 aromatic carbocycles. The average molecular weight is 200 g/mol. The highest BCUT2D eigenvalue weighted by Crippen LogP contribution is 1.94. The van der Waals surface area contributed by atoms with Crippen LogP contribution in [0.1, 0.15) is 0 Å². The topological polar surface area (TPSA) is 86.7 Å². The summed E-state index contributed by atoms with van der Waals surface area (Å²) < 4.78 is 8.24. The van der Waals surface area contributed by atoms with Gasteiger partial charge in [-0.25, -0.2) is 9.59 Å². The SMILES string of the molecule is COC(=O)C(=O)/C=C(\C=O)C(=O)OC. The first-order chi connectivity index (χ1) is 6.56. The van der Waals surface area contributed by atoms with Gasteiger partial charge in [0.15, 0.2) is 6.29 Å². The molecule has 76 valence electrons. The van der Waals surface area contributed by atoms with E-state index in [2.05, 4.69) is 9.47 Å². The highest BCUT2D eigenvalue weighted by atomic mass is 16.5. The third-order valence-corrected chi connectivity index (χ3v) is 1.22. The van der Waals surface area contributed by atoms with Gasteiger partial charge in [0.05, 0.1) is 14.2 Å². The first kappa shape index (κ1) is 12.0. The fourth-order valence-corrected chi connectivity index (χ4v) is 0.560. The standard InChI is InChI=1S/C8H8O6/c1-13-7(11)5(4-9)3-6(10)8(12)14-2/h3-4H,1-2H3/b5-3+. The van der Waals surface area contributed by atoms with E-state index in [0.29, 0.717) is 6.08 Å². The number of carbonyl (C=O) groups is 4. The Labute approximate surface area is 79.5 Å². The predicted molar refractivity (Wildman–Crippen MR) is 43.2 cm³/mol. The minimum absolute atomic E-state index is 0.118. The summed E-state index contributed by atoms with van der Waals surface area (Å²) in [5, 5.41) is 0. The molecule has 14 heavy (non-hydrogen) atoms. The maximum atomic E-state index is 10.8. The Morgan fingerprint density at radius 3 is 1.86 bits per heavy atom. The summed E-state index contributed by atoms with van der Waals surface area (Å²) in [6.07, 6.45) is 0.678. The lowest BCUT2D eigenvalue weighted by atomic mass is 10.2. The molecule has 0 aromatic heterocycles. The number of rotatable bonds is 4. The molecule has 6 nitrogen and oxygen atoms in total. The van der Waals surface area contributed by atoms with E-state index in [4.69, 9.17) is 0 Å². The number of carbonyl (C=O) groups excluding carboxylic acids is 4. The van der Waals surface area contributed by atoms with E-state index in [9.17, 15) is 19.2 Å². The predicted octanol–water partition coefficient (Wildman–Crippen LogP) is -0.973. The van der Waals surface area contributed by atoms with E-state index in [1.807, 2.05) is 0 Å². The van der Waals surface area contributed by atoms with Crippen molar-refractivity contribution in [3.05, 3.63) is 11.6 Å². The maximum Gasteiger partial charge on any atom is 0.378 e. The summed E-state index contributed by atoms with van der Waals surface area (Å²) in [4.78, 5) is 42.5. The first-order valence-corrected chi connectivity index (χ1v) is 3.44. The van der Waals surface area contributed by atoms with Crippen LogP contribution in [0.4, 0.5) is 0 Å². The molecule has 6 heteroatoms. The number of hydrogen-bond acceptors (Lipinski definition) is 6. The summed E-state index contributed by atoms with van der Waals surface area (Å²) in [5.74, 6) is -3.24. The molecule has 0 radical (unpaired) electrons. The Morgan fingerprint density at radius 2 is 1.50 bits per heavy atom. The van der Waals surface area contributed by atoms with Gasteiger partial charge in [0.1, 0.15) is 5.57 Å². The molecule has 0 N–H and O–H groups in total. The Morgan fingerprint density at radius 1 is 1.00 bits per heavy atom. The molecule has 0 amide bonds. The smallest absolute Gasteiger partial charge is 0.378 e. The second-order valence-corrected chi connectivity index (χ2v) is 2.06. The van der Waals surface area contributed by atoms with Crippen LogP contribution in [0, 0.1) is 0 Å². The van der Waals surface area contributed by atoms with Gasteiger partial charge in [0, 0.05) is 6.08 Å². The second kappa shape index (κ2) is 5.63. The van der Waals surface area contributed by atoms with Crippen molar-refractivity contribution >= 4 is 24.0 Å². The summed E-state index contributed by atoms with van der Waals surface area (Å²) in [7, 11) is 2.05. The number of methoxy groups -OCH3 is 2. The van der Waals surface area contributed by atoms with Crippen LogP contribution in [0.15, 0.2) is 11.6 Å². The molecule has 0 saturated carbocycles. The third-order valence-electron chi connectivity index (χ3n) is 1.22. The quantitative estimate of drug-likeness (QED) is 0.145. The number of ether oxygens (including phenoxy) is 2. The largest absolute Gasteiger partial charge is 0.465 e. The zero-order valence-corrected chi connectivity index (χ0v) is 7.60. The minimum Gasteiger partial charge on any atom is -0.465 e. The average Bonchev–Trinajstić information content (AvgIpc) is 2.22. The summed E-state index contributed by atoms with van der Waals surface area (Å²) in [5.41, 5.74) is -0.539. The van der Waals surface area contributed by atoms with Gasteiger partial charge in [-0.2, -0.15) is 0 Å². The van der Waals surface area contributed by atoms with Crippen molar-refractivity contribution in [2.24, 2.45) is 0 Å². The van der Waals surface area contributed by atoms with Gasteiger partial charge >= 0.3 is 11.9 Å². The first-order valence-electron chi connectivity index (χ1n) is 3.44. The molecule has 0 heterocycles. The molecule has 0 fully saturated rings. The van der Waals surface area contributed by atoms with E-state index < -0.39 is 23.3 Å². The Kier molecular flexibility index (Phi) is 4.83. The van der Waals surface area contributed by atoms with Crippen molar-refractivity contribution in [3.63, 3.8) is 0 Å². The van der Waals surface area contributed by atoms with Crippen LogP contribution in [-0.2, 0) is 28.7 Å². The van der Waals surface area contributed by atoms with Crippen molar-refractivity contribution in [1.29, 1.82) is 0 Å². The fourth-order valence-electron chi connectivity index (χ4n) is 0.560. The Balaban J connectivity index is 4.77. The van der Waals surface area contributed by atoms with Gasteiger partial charge < -0.3 is 9.47 Å². The van der Waals surface area contributed by atoms with Gasteiger partial charge in [0.25, 0.3) is 5.78 Å². The zero-order valence-electron chi connectivity index (χ0n) is 7.60. The lowest BCUT2D eigenvalue weighted by Crippen LogP contribution is -2.16. The highest BCUT2D eigenvalue weighted by molar-refractivity contribution is 6.40. The van der Waals surface area contributed by atoms with E-state index in [0.717, 1.165) is 14.2 Å². The van der Waals surface area contributed by atoms with Crippen molar-refractivity contribution in [2.75, 3.05) is 14.2 Å². The molecule has 0 bridgehead atoms. The van der Waals surface area contributed by atoms with Crippen LogP contribution < -0.4 is 0 Å². The van der Waals surface area contributed by atoms with Crippen LogP contribution >= 0.6 is 0 Å². The van der Waals surface area contributed by atoms with E-state index in [-0.39, 0.29) is 6.29 Å². The monoisotopic (exact) mass is 200 g/mol. The maximum absolute atomic E-state index is 10.8. The Hall–Kier alpha value is -1.98. The number of hydrogen-bond donors (Lipinski definition) is 0. The molecule has 0 aliphatic heterocycles. The third kappa shape index (κ3) is 3.18. The number of ketones is 1. The molecule has 0 aliphatic carbocycles. The van der Waals surface area contributed by atoms with Gasteiger partial charge in [-0.05, 0) is 0 Å². The number of esters is 2. The Bertz CT molecular complexity index is 301. The van der Waals surface area contributed by atoms with Crippen molar-refractivity contribution in [2.45, 2.75) is 0 Å². The van der Waals surface area contributed by atoms with Crippen molar-refractivity contribution in [3.8, 4) is 0 Å². The molecule has 0 aliphatic rings. The normalized spacial score (nSPS) is 10.3. The number of aldehydes is 1. The highest BCUT2D eigenvalue weighted by Gasteiger charge is 2.16. The summed E-state index contributed by atoms with van der Waals surface area (Å²) >= 11 is 0. The summed E-state index contributed by atoms with van der Waals surface area (Å²) in [6.45, 7) is 0. The van der Waals surface area contributed by atoms with Crippen LogP contribution in [-0.4, -0.2) is 38.2 Å². The van der Waals surface area contributed by atoms with Crippen LogP contribution in [0.5, 0.6) is 0 Å². The molecule has 0 aromatic rings. The van der Waals surface area contributed by atoms with E-state index in [1.54, 1.807) is 0 Å². The van der Waals surface area contributed by atoms with Gasteiger partial charge in [-0.1, -0.05) is 0 Å². The molecular formula is C8H8O6. The molecule has 0 rings (SSSR count). The van der Waals surface area contributed by atoms with Crippen LogP contribution in [0.2, 0.25) is 0 Å². The molecule has 0 atom stereocenters. The van der Waals surface area contributed by atoms with E-state index in [1.165, 1.54) is 0 Å². The van der Waals surface area contributed by atoms with Gasteiger partial charge in [-0.15, -0.1) is 0 Å². The summed E-state index contributed by atoms with van der Waals surface area (Å²) in [6, 6.07) is 0. The fraction of sp³-hybridized carbons (Fsp3) is 0.250. The minimum atomic E-state index is -1.16. The van der Waals surface area contributed by atoms with Gasteiger partial charge in [0.2, 0.25) is 0 Å². The van der Waals surface area contributed by atoms with Crippen LogP contribution in [0.25, 0.3) is 0 Å². The molecule has 0 spiro atoms. The van der Waals surface area contributed by atoms with Crippen molar-refractivity contribution in [1.82, 2.24) is 0 Å². The lowest BCUT2D eigenvalue weighted by molar-refractivity contribution is -0.149. The molecular weight excluding hydrogens is 192 g/mol. The van der Waals surface area contributed by atoms with Gasteiger partial charge in [-0.3, -0.25) is 9.59 Å². The second-order valence-electron chi connectivity index (χ2n) is 2.06. The van der Waals surface area contributed by atoms with E-state index >= 15 is 0 Å². The lowest BCUT2D eigenvalue weighted by Gasteiger charge is -1.96. The zero-order chi connectivity index (χ0) is 11.1. The van der Waals surface area contributed by atoms with Crippen LogP contribution in [0.3, 0.4) is 0 Å². The molecule has 0 unspecified atom stereocenters.